The van der Waals surface area contributed by atoms with Crippen molar-refractivity contribution >= 4 is 5.91 Å². The zero-order valence-electron chi connectivity index (χ0n) is 43.9. The first-order valence-corrected chi connectivity index (χ1v) is 26.6. The van der Waals surface area contributed by atoms with Gasteiger partial charge in [0.05, 0.1) is 59.0 Å². The van der Waals surface area contributed by atoms with Gasteiger partial charge in [0, 0.05) is 6.92 Å². The van der Waals surface area contributed by atoms with Crippen molar-refractivity contribution in [1.82, 2.24) is 5.32 Å². The number of nitrogens with one attached hydrogen (secondary N) is 1. The highest BCUT2D eigenvalue weighted by atomic mass is 16.8. The molecule has 0 saturated carbocycles. The van der Waals surface area contributed by atoms with Crippen LogP contribution in [-0.2, 0) is 96.5 Å². The molecule has 9 rings (SSSR count). The van der Waals surface area contributed by atoms with Gasteiger partial charge < -0.3 is 72.7 Å². The Kier molecular flexibility index (Phi) is 21.1. The lowest BCUT2D eigenvalue weighted by Crippen LogP contribution is -2.69. The maximum atomic E-state index is 13.2. The molecule has 0 radical (unpaired) electrons. The van der Waals surface area contributed by atoms with Crippen molar-refractivity contribution in [3.8, 4) is 0 Å². The molecular formula is C62H71NO15. The van der Waals surface area contributed by atoms with Gasteiger partial charge in [0.1, 0.15) is 67.1 Å². The Morgan fingerprint density at radius 2 is 0.821 bits per heavy atom. The van der Waals surface area contributed by atoms with Crippen molar-refractivity contribution in [3.05, 3.63) is 215 Å². The largest absolute Gasteiger partial charge is 0.394 e. The second kappa shape index (κ2) is 28.9. The Morgan fingerprint density at radius 3 is 1.26 bits per heavy atom. The number of carbonyl (C=O) groups is 1. The summed E-state index contributed by atoms with van der Waals surface area (Å²) in [6, 6.07) is 56.6. The molecule has 0 bridgehead atoms. The summed E-state index contributed by atoms with van der Waals surface area (Å²) in [5.74, 6) is -0.449. The minimum absolute atomic E-state index is 0.0575. The van der Waals surface area contributed by atoms with E-state index in [0.29, 0.717) is 0 Å². The third-order valence-electron chi connectivity index (χ3n) is 14.0. The van der Waals surface area contributed by atoms with Crippen molar-refractivity contribution in [2.24, 2.45) is 0 Å². The van der Waals surface area contributed by atoms with E-state index in [2.05, 4.69) is 5.32 Å². The van der Waals surface area contributed by atoms with E-state index in [4.69, 9.17) is 52.1 Å². The van der Waals surface area contributed by atoms with Crippen LogP contribution in [0.4, 0.5) is 0 Å². The SMILES string of the molecule is CC(=O)NC1C(OC2C(COCc3ccccc3)OC(OC3C(O)OC(C)C(OCc4ccccc4)C3OCc3ccccc3)C(OCc3ccccc3)C2OCc2ccccc2)OC(CO)C(O)C1OCc1ccccc1. The molecule has 3 aliphatic rings. The molecule has 1 amide bonds. The molecule has 16 nitrogen and oxygen atoms in total. The summed E-state index contributed by atoms with van der Waals surface area (Å²) in [5, 5.41) is 37.5. The molecule has 15 atom stereocenters. The molecule has 78 heavy (non-hydrogen) atoms. The first-order valence-electron chi connectivity index (χ1n) is 26.6. The Labute approximate surface area is 456 Å². The highest BCUT2D eigenvalue weighted by Crippen LogP contribution is 2.38. The molecule has 6 aromatic rings. The molecule has 3 fully saturated rings. The number of hydrogen-bond acceptors (Lipinski definition) is 15. The van der Waals surface area contributed by atoms with Gasteiger partial charge in [0.2, 0.25) is 5.91 Å². The van der Waals surface area contributed by atoms with Crippen molar-refractivity contribution in [2.75, 3.05) is 13.2 Å². The zero-order valence-corrected chi connectivity index (χ0v) is 43.9. The van der Waals surface area contributed by atoms with Gasteiger partial charge in [0.25, 0.3) is 0 Å². The highest BCUT2D eigenvalue weighted by molar-refractivity contribution is 5.73. The number of amides is 1. The van der Waals surface area contributed by atoms with Crippen molar-refractivity contribution < 1.29 is 72.2 Å². The van der Waals surface area contributed by atoms with Crippen molar-refractivity contribution in [2.45, 2.75) is 146 Å². The Morgan fingerprint density at radius 1 is 0.449 bits per heavy atom. The van der Waals surface area contributed by atoms with E-state index in [0.717, 1.165) is 33.4 Å². The first-order chi connectivity index (χ1) is 38.2. The fourth-order valence-electron chi connectivity index (χ4n) is 9.99. The van der Waals surface area contributed by atoms with Gasteiger partial charge >= 0.3 is 0 Å². The number of ether oxygens (including phenoxy) is 11. The van der Waals surface area contributed by atoms with Crippen LogP contribution in [0.1, 0.15) is 47.2 Å². The first kappa shape index (κ1) is 56.9. The fraction of sp³-hybridized carbons (Fsp3) is 0.403. The van der Waals surface area contributed by atoms with Crippen LogP contribution in [-0.4, -0.2) is 126 Å². The molecule has 0 spiro atoms. The molecule has 4 N–H and O–H groups in total. The maximum Gasteiger partial charge on any atom is 0.217 e. The quantitative estimate of drug-likeness (QED) is 0.0461. The van der Waals surface area contributed by atoms with Crippen LogP contribution in [0.2, 0.25) is 0 Å². The highest BCUT2D eigenvalue weighted by Gasteiger charge is 2.56. The van der Waals surface area contributed by atoms with Gasteiger partial charge in [-0.05, 0) is 40.3 Å². The third kappa shape index (κ3) is 15.5. The standard InChI is InChI=1S/C62H71NO15/c1-41-53(69-35-44-23-11-4-12-24-44)56(71-37-46-27-15-6-16-28-46)58(60(67)74-41)78-62-59(73-39-48-31-19-8-20-32-48)57(72-38-47-29-17-7-18-30-47)54(50(76-62)40-68-34-43-21-9-3-10-22-43)77-61-51(63-42(2)65)55(52(66)49(33-64)75-61)70-36-45-25-13-5-14-26-45/h3-32,41,49-62,64,66-67H,33-40H2,1-2H3,(H,63,65). The number of carbonyl (C=O) groups excluding carboxylic acids is 1. The van der Waals surface area contributed by atoms with Gasteiger partial charge in [0.15, 0.2) is 18.9 Å². The molecule has 6 aromatic carbocycles. The normalized spacial score (nSPS) is 29.2. The van der Waals surface area contributed by atoms with E-state index in [9.17, 15) is 20.1 Å². The molecule has 3 heterocycles. The summed E-state index contributed by atoms with van der Waals surface area (Å²) < 4.78 is 74.5. The molecular weight excluding hydrogens is 999 g/mol. The van der Waals surface area contributed by atoms with E-state index in [1.54, 1.807) is 0 Å². The second-order valence-corrected chi connectivity index (χ2v) is 19.7. The number of benzene rings is 6. The average Bonchev–Trinajstić information content (AvgIpc) is 3.61. The molecule has 414 valence electrons. The molecule has 16 heteroatoms. The van der Waals surface area contributed by atoms with Gasteiger partial charge in [-0.2, -0.15) is 0 Å². The number of rotatable bonds is 25. The van der Waals surface area contributed by atoms with E-state index in [-0.39, 0.29) is 46.2 Å². The van der Waals surface area contributed by atoms with E-state index in [1.165, 1.54) is 6.92 Å². The molecule has 3 aliphatic heterocycles. The van der Waals surface area contributed by atoms with Crippen LogP contribution in [0.5, 0.6) is 0 Å². The lowest BCUT2D eigenvalue weighted by molar-refractivity contribution is -0.388. The molecule has 0 aliphatic carbocycles. The predicted molar refractivity (Wildman–Crippen MR) is 286 cm³/mol. The number of aliphatic hydroxyl groups excluding tert-OH is 3. The van der Waals surface area contributed by atoms with E-state index in [1.807, 2.05) is 189 Å². The molecule has 15 unspecified atom stereocenters. The topological polar surface area (TPSA) is 191 Å². The van der Waals surface area contributed by atoms with Crippen molar-refractivity contribution in [1.29, 1.82) is 0 Å². The Balaban J connectivity index is 1.11. The summed E-state index contributed by atoms with van der Waals surface area (Å²) in [6.45, 7) is 3.21. The van der Waals surface area contributed by atoms with Crippen LogP contribution in [0.15, 0.2) is 182 Å². The van der Waals surface area contributed by atoms with Crippen LogP contribution < -0.4 is 5.32 Å². The van der Waals surface area contributed by atoms with E-state index >= 15 is 0 Å². The summed E-state index contributed by atoms with van der Waals surface area (Å²) in [4.78, 5) is 13.2. The van der Waals surface area contributed by atoms with Crippen LogP contribution in [0.3, 0.4) is 0 Å². The molecule has 3 saturated heterocycles. The monoisotopic (exact) mass is 1070 g/mol. The lowest BCUT2D eigenvalue weighted by atomic mass is 9.94. The van der Waals surface area contributed by atoms with Gasteiger partial charge in [-0.1, -0.05) is 182 Å². The second-order valence-electron chi connectivity index (χ2n) is 19.7. The van der Waals surface area contributed by atoms with Gasteiger partial charge in [-0.25, -0.2) is 0 Å². The summed E-state index contributed by atoms with van der Waals surface area (Å²) in [5.41, 5.74) is 5.20. The predicted octanol–water partition coefficient (Wildman–Crippen LogP) is 6.95. The Bertz CT molecular complexity index is 2650. The Hall–Kier alpha value is -5.77. The maximum absolute atomic E-state index is 13.2. The van der Waals surface area contributed by atoms with Crippen LogP contribution >= 0.6 is 0 Å². The summed E-state index contributed by atoms with van der Waals surface area (Å²) in [7, 11) is 0. The van der Waals surface area contributed by atoms with Crippen LogP contribution in [0, 0.1) is 0 Å². The van der Waals surface area contributed by atoms with Gasteiger partial charge in [-0.3, -0.25) is 4.79 Å². The lowest BCUT2D eigenvalue weighted by Gasteiger charge is -2.51. The molecule has 0 aromatic heterocycles. The van der Waals surface area contributed by atoms with E-state index < -0.39 is 105 Å². The van der Waals surface area contributed by atoms with Gasteiger partial charge in [-0.15, -0.1) is 0 Å². The minimum atomic E-state index is -1.54. The smallest absolute Gasteiger partial charge is 0.217 e. The van der Waals surface area contributed by atoms with Crippen LogP contribution in [0.25, 0.3) is 0 Å². The zero-order chi connectivity index (χ0) is 54.1. The average molecular weight is 1070 g/mol. The number of aliphatic hydroxyl groups is 3. The third-order valence-corrected chi connectivity index (χ3v) is 14.0. The summed E-state index contributed by atoms with van der Waals surface area (Å²) >= 11 is 0. The van der Waals surface area contributed by atoms with Crippen molar-refractivity contribution in [3.63, 3.8) is 0 Å². The minimum Gasteiger partial charge on any atom is -0.394 e. The summed E-state index contributed by atoms with van der Waals surface area (Å²) in [6.07, 6.45) is -16.0. The fourth-order valence-corrected chi connectivity index (χ4v) is 9.99. The number of hydrogen-bond donors (Lipinski definition) is 4.